The van der Waals surface area contributed by atoms with Crippen LogP contribution in [0.3, 0.4) is 0 Å². The van der Waals surface area contributed by atoms with Gasteiger partial charge in [-0.1, -0.05) is 29.8 Å². The van der Waals surface area contributed by atoms with Gasteiger partial charge in [-0.05, 0) is 67.1 Å². The molecule has 2 aromatic rings. The number of nitrogens with one attached hydrogen (secondary N) is 1. The number of rotatable bonds is 6. The summed E-state index contributed by atoms with van der Waals surface area (Å²) in [5.74, 6) is -0.234. The van der Waals surface area contributed by atoms with Crippen LogP contribution in [0.4, 0.5) is 0 Å². The average Bonchev–Trinajstić information content (AvgIpc) is 2.62. The number of hydrogen-bond donors (Lipinski definition) is 1. The van der Waals surface area contributed by atoms with Gasteiger partial charge in [0.05, 0.1) is 17.9 Å². The van der Waals surface area contributed by atoms with Crippen molar-refractivity contribution in [3.05, 3.63) is 64.2 Å². The Morgan fingerprint density at radius 1 is 1.19 bits per heavy atom. The lowest BCUT2D eigenvalue weighted by Gasteiger charge is -2.26. The quantitative estimate of drug-likeness (QED) is 0.746. The van der Waals surface area contributed by atoms with Crippen LogP contribution in [-0.4, -0.2) is 27.0 Å². The van der Waals surface area contributed by atoms with E-state index in [0.29, 0.717) is 24.5 Å². The Morgan fingerprint density at radius 3 is 2.63 bits per heavy atom. The van der Waals surface area contributed by atoms with Crippen molar-refractivity contribution in [2.24, 2.45) is 0 Å². The lowest BCUT2D eigenvalue weighted by atomic mass is 9.87. The second-order valence-electron chi connectivity index (χ2n) is 6.60. The molecule has 0 heterocycles. The largest absolute Gasteiger partial charge is 0.466 e. The Morgan fingerprint density at radius 2 is 1.93 bits per heavy atom. The van der Waals surface area contributed by atoms with Gasteiger partial charge >= 0.3 is 5.97 Å². The zero-order valence-corrected chi connectivity index (χ0v) is 16.6. The molecule has 144 valence electrons. The summed E-state index contributed by atoms with van der Waals surface area (Å²) in [5, 5.41) is 0.499. The lowest BCUT2D eigenvalue weighted by molar-refractivity contribution is -0.142. The second-order valence-corrected chi connectivity index (χ2v) is 8.75. The molecule has 0 spiro atoms. The molecular weight excluding hydrogens is 386 g/mol. The fraction of sp³-hybridized carbons (Fsp3) is 0.350. The van der Waals surface area contributed by atoms with Crippen LogP contribution in [0.25, 0.3) is 0 Å². The topological polar surface area (TPSA) is 72.5 Å². The van der Waals surface area contributed by atoms with Gasteiger partial charge in [-0.25, -0.2) is 13.1 Å². The standard InChI is InChI=1S/C20H22ClNO4S/c1-2-26-20(23)12-14-3-4-16-13-18(8-5-15(16)11-14)22-27(24,25)19-9-6-17(21)7-10-19/h3-4,6-7,9-11,18,22H,2,5,8,12-13H2,1H3. The summed E-state index contributed by atoms with van der Waals surface area (Å²) in [4.78, 5) is 11.8. The molecule has 3 rings (SSSR count). The van der Waals surface area contributed by atoms with E-state index in [4.69, 9.17) is 16.3 Å². The summed E-state index contributed by atoms with van der Waals surface area (Å²) in [6, 6.07) is 11.9. The number of halogens is 1. The van der Waals surface area contributed by atoms with Crippen molar-refractivity contribution in [2.45, 2.75) is 43.5 Å². The first kappa shape index (κ1) is 19.9. The number of hydrogen-bond acceptors (Lipinski definition) is 4. The number of benzene rings is 2. The molecule has 2 aromatic carbocycles. The van der Waals surface area contributed by atoms with Crippen LogP contribution in [0.15, 0.2) is 47.4 Å². The number of aryl methyl sites for hydroxylation is 1. The molecule has 0 saturated heterocycles. The number of carbonyl (C=O) groups is 1. The molecule has 1 N–H and O–H groups in total. The van der Waals surface area contributed by atoms with E-state index in [-0.39, 0.29) is 23.3 Å². The number of fused-ring (bicyclic) bond motifs is 1. The van der Waals surface area contributed by atoms with Crippen molar-refractivity contribution < 1.29 is 17.9 Å². The van der Waals surface area contributed by atoms with E-state index in [9.17, 15) is 13.2 Å². The molecule has 5 nitrogen and oxygen atoms in total. The normalized spacial score (nSPS) is 16.6. The third-order valence-electron chi connectivity index (χ3n) is 4.60. The first-order valence-electron chi connectivity index (χ1n) is 8.91. The average molecular weight is 408 g/mol. The van der Waals surface area contributed by atoms with Crippen LogP contribution in [0, 0.1) is 0 Å². The van der Waals surface area contributed by atoms with Crippen molar-refractivity contribution in [2.75, 3.05) is 6.61 Å². The predicted octanol–water partition coefficient (Wildman–Crippen LogP) is 3.28. The molecular formula is C20H22ClNO4S. The first-order valence-corrected chi connectivity index (χ1v) is 10.8. The molecule has 0 fully saturated rings. The molecule has 0 bridgehead atoms. The maximum absolute atomic E-state index is 12.6. The van der Waals surface area contributed by atoms with E-state index in [1.165, 1.54) is 17.7 Å². The van der Waals surface area contributed by atoms with Crippen molar-refractivity contribution >= 4 is 27.6 Å². The molecule has 1 aliphatic rings. The van der Waals surface area contributed by atoms with Gasteiger partial charge in [-0.15, -0.1) is 0 Å². The highest BCUT2D eigenvalue weighted by Gasteiger charge is 2.24. The third-order valence-corrected chi connectivity index (χ3v) is 6.39. The fourth-order valence-electron chi connectivity index (χ4n) is 3.30. The Labute approximate surface area is 164 Å². The Bertz CT molecular complexity index is 925. The summed E-state index contributed by atoms with van der Waals surface area (Å²) in [6.07, 6.45) is 2.36. The molecule has 0 aromatic heterocycles. The van der Waals surface area contributed by atoms with E-state index in [1.54, 1.807) is 19.1 Å². The van der Waals surface area contributed by atoms with Crippen molar-refractivity contribution in [1.29, 1.82) is 0 Å². The van der Waals surface area contributed by atoms with Gasteiger partial charge in [-0.2, -0.15) is 0 Å². The maximum Gasteiger partial charge on any atom is 0.310 e. The summed E-state index contributed by atoms with van der Waals surface area (Å²) in [7, 11) is -3.58. The van der Waals surface area contributed by atoms with Gasteiger partial charge in [-0.3, -0.25) is 4.79 Å². The van der Waals surface area contributed by atoms with Gasteiger partial charge in [0.1, 0.15) is 0 Å². The van der Waals surface area contributed by atoms with Gasteiger partial charge < -0.3 is 4.74 Å². The zero-order chi connectivity index (χ0) is 19.4. The van der Waals surface area contributed by atoms with Crippen LogP contribution in [0.5, 0.6) is 0 Å². The molecule has 0 saturated carbocycles. The Hall–Kier alpha value is -1.89. The van der Waals surface area contributed by atoms with E-state index >= 15 is 0 Å². The second kappa shape index (κ2) is 8.42. The predicted molar refractivity (Wildman–Crippen MR) is 104 cm³/mol. The van der Waals surface area contributed by atoms with Crippen LogP contribution >= 0.6 is 11.6 Å². The van der Waals surface area contributed by atoms with Crippen molar-refractivity contribution in [3.8, 4) is 0 Å². The van der Waals surface area contributed by atoms with Gasteiger partial charge in [0.15, 0.2) is 0 Å². The molecule has 0 aliphatic heterocycles. The SMILES string of the molecule is CCOC(=O)Cc1ccc2c(c1)CCC(NS(=O)(=O)c1ccc(Cl)cc1)C2. The smallest absolute Gasteiger partial charge is 0.310 e. The first-order chi connectivity index (χ1) is 12.9. The summed E-state index contributed by atoms with van der Waals surface area (Å²) < 4.78 is 32.9. The van der Waals surface area contributed by atoms with Gasteiger partial charge in [0.25, 0.3) is 0 Å². The highest BCUT2D eigenvalue weighted by atomic mass is 35.5. The van der Waals surface area contributed by atoms with Crippen LogP contribution in [0.2, 0.25) is 5.02 Å². The Kier molecular flexibility index (Phi) is 6.19. The van der Waals surface area contributed by atoms with Gasteiger partial charge in [0, 0.05) is 11.1 Å². The number of ether oxygens (including phenoxy) is 1. The number of carbonyl (C=O) groups excluding carboxylic acids is 1. The molecule has 7 heteroatoms. The monoisotopic (exact) mass is 407 g/mol. The van der Waals surface area contributed by atoms with Crippen molar-refractivity contribution in [3.63, 3.8) is 0 Å². The minimum atomic E-state index is -3.58. The molecule has 0 amide bonds. The summed E-state index contributed by atoms with van der Waals surface area (Å²) in [5.41, 5.74) is 3.20. The third kappa shape index (κ3) is 5.09. The van der Waals surface area contributed by atoms with Crippen LogP contribution in [0.1, 0.15) is 30.0 Å². The molecule has 27 heavy (non-hydrogen) atoms. The Balaban J connectivity index is 1.67. The zero-order valence-electron chi connectivity index (χ0n) is 15.1. The molecule has 0 radical (unpaired) electrons. The number of esters is 1. The summed E-state index contributed by atoms with van der Waals surface area (Å²) >= 11 is 5.83. The minimum absolute atomic E-state index is 0.158. The lowest BCUT2D eigenvalue weighted by Crippen LogP contribution is -2.38. The van der Waals surface area contributed by atoms with Crippen LogP contribution < -0.4 is 4.72 Å². The van der Waals surface area contributed by atoms with Gasteiger partial charge in [0.2, 0.25) is 10.0 Å². The highest BCUT2D eigenvalue weighted by molar-refractivity contribution is 7.89. The molecule has 1 unspecified atom stereocenters. The van der Waals surface area contributed by atoms with E-state index in [1.807, 2.05) is 18.2 Å². The minimum Gasteiger partial charge on any atom is -0.466 e. The summed E-state index contributed by atoms with van der Waals surface area (Å²) in [6.45, 7) is 2.16. The van der Waals surface area contributed by atoms with E-state index in [0.717, 1.165) is 17.5 Å². The van der Waals surface area contributed by atoms with Crippen LogP contribution in [-0.2, 0) is 38.8 Å². The molecule has 1 atom stereocenters. The highest BCUT2D eigenvalue weighted by Crippen LogP contribution is 2.24. The molecule has 1 aliphatic carbocycles. The number of sulfonamides is 1. The maximum atomic E-state index is 12.6. The van der Waals surface area contributed by atoms with E-state index in [2.05, 4.69) is 4.72 Å². The van der Waals surface area contributed by atoms with E-state index < -0.39 is 10.0 Å². The van der Waals surface area contributed by atoms with Crippen molar-refractivity contribution in [1.82, 2.24) is 4.72 Å². The fourth-order valence-corrected chi connectivity index (χ4v) is 4.70.